The van der Waals surface area contributed by atoms with Crippen molar-refractivity contribution in [2.75, 3.05) is 51.7 Å². The minimum Gasteiger partial charge on any atom is -0.374 e. The molecule has 1 aliphatic carbocycles. The summed E-state index contributed by atoms with van der Waals surface area (Å²) < 4.78 is 6.19. The molecule has 1 amide bonds. The molecule has 4 N–H and O–H groups in total. The van der Waals surface area contributed by atoms with Crippen LogP contribution in [-0.4, -0.2) is 103 Å². The Balaban J connectivity index is 1.04. The minimum atomic E-state index is -0.123. The zero-order chi connectivity index (χ0) is 26.8. The van der Waals surface area contributed by atoms with E-state index in [-0.39, 0.29) is 42.7 Å². The summed E-state index contributed by atoms with van der Waals surface area (Å²) in [6, 6.07) is 6.94. The molecule has 6 unspecified atom stereocenters. The predicted octanol–water partition coefficient (Wildman–Crippen LogP) is 1.14. The van der Waals surface area contributed by atoms with Crippen LogP contribution in [-0.2, 0) is 21.5 Å². The summed E-state index contributed by atoms with van der Waals surface area (Å²) in [6.45, 7) is 6.30. The lowest BCUT2D eigenvalue weighted by molar-refractivity contribution is -0.159. The maximum Gasteiger partial charge on any atom is 0.244 e. The van der Waals surface area contributed by atoms with E-state index in [1.54, 1.807) is 5.56 Å². The smallest absolute Gasteiger partial charge is 0.244 e. The largest absolute Gasteiger partial charge is 0.374 e. The summed E-state index contributed by atoms with van der Waals surface area (Å²) >= 11 is 0. The Kier molecular flexibility index (Phi) is 6.44. The second kappa shape index (κ2) is 10.0. The number of ether oxygens (including phenoxy) is 1. The van der Waals surface area contributed by atoms with Gasteiger partial charge in [0.2, 0.25) is 5.91 Å². The first-order valence-corrected chi connectivity index (χ1v) is 15.5. The summed E-state index contributed by atoms with van der Waals surface area (Å²) in [4.78, 5) is 18.8. The second-order valence-electron chi connectivity index (χ2n) is 13.1. The predicted molar refractivity (Wildman–Crippen MR) is 153 cm³/mol. The Morgan fingerprint density at radius 2 is 2.02 bits per heavy atom. The lowest BCUT2D eigenvalue weighted by atomic mass is 9.87. The number of nitrogens with one attached hydrogen (secondary N) is 4. The van der Waals surface area contributed by atoms with Crippen molar-refractivity contribution < 1.29 is 9.53 Å². The number of rotatable bonds is 2. The quantitative estimate of drug-likeness (QED) is 0.407. The molecule has 1 aromatic rings. The average Bonchev–Trinajstić information content (AvgIpc) is 3.66. The number of morpholine rings is 1. The molecule has 0 aromatic heterocycles. The fourth-order valence-corrected chi connectivity index (χ4v) is 8.31. The van der Waals surface area contributed by atoms with Crippen molar-refractivity contribution in [2.24, 2.45) is 5.92 Å². The molecule has 2 bridgehead atoms. The minimum absolute atomic E-state index is 0.0758. The first-order valence-electron chi connectivity index (χ1n) is 15.5. The second-order valence-corrected chi connectivity index (χ2v) is 13.1. The lowest BCUT2D eigenvalue weighted by Gasteiger charge is -2.51. The third-order valence-electron chi connectivity index (χ3n) is 10.4. The molecular weight excluding hydrogens is 504 g/mol. The molecule has 216 valence electrons. The lowest BCUT2D eigenvalue weighted by Crippen LogP contribution is -2.71. The van der Waals surface area contributed by atoms with E-state index in [0.717, 1.165) is 57.6 Å². The maximum atomic E-state index is 13.8. The van der Waals surface area contributed by atoms with Crippen LogP contribution in [0.15, 0.2) is 30.4 Å². The van der Waals surface area contributed by atoms with Crippen LogP contribution in [0.25, 0.3) is 0 Å². The zero-order valence-corrected chi connectivity index (χ0v) is 23.6. The van der Waals surface area contributed by atoms with E-state index in [4.69, 9.17) is 4.74 Å². The highest BCUT2D eigenvalue weighted by molar-refractivity contribution is 5.82. The molecule has 1 saturated carbocycles. The number of hydrogen-bond donors (Lipinski definition) is 4. The number of nitrogens with zero attached hydrogens (tertiary/aromatic N) is 4. The van der Waals surface area contributed by atoms with E-state index >= 15 is 0 Å². The number of allylic oxidation sites excluding steroid dienone is 1. The molecule has 1 aromatic carbocycles. The molecule has 7 aliphatic rings. The van der Waals surface area contributed by atoms with Crippen molar-refractivity contribution in [3.8, 4) is 0 Å². The molecule has 6 heterocycles. The molecule has 40 heavy (non-hydrogen) atoms. The first-order chi connectivity index (χ1) is 19.6. The van der Waals surface area contributed by atoms with Crippen molar-refractivity contribution in [3.05, 3.63) is 41.5 Å². The standard InChI is InChI=1S/C30H44N8O2/c1-35-18-20-16-21(6-7-23(20)30(19-35)10-11-30)32-29-31-17-22-26(34-29)38-25-9-8-24-27(33-25)36(14-15-40-24)12-4-2-3-5-13-37(38)28(22)39/h3,5-7,16,22,24-27,29,31-34H,2,4,8-15,17-19H2,1H3/b5-3-. The fourth-order valence-electron chi connectivity index (χ4n) is 8.31. The summed E-state index contributed by atoms with van der Waals surface area (Å²) in [5.74, 6) is 0.0825. The molecule has 6 atom stereocenters. The molecule has 0 radical (unpaired) electrons. The van der Waals surface area contributed by atoms with E-state index in [0.29, 0.717) is 18.5 Å². The number of anilines is 1. The molecule has 4 saturated heterocycles. The summed E-state index contributed by atoms with van der Waals surface area (Å²) in [7, 11) is 2.24. The van der Waals surface area contributed by atoms with Crippen LogP contribution in [0.3, 0.4) is 0 Å². The van der Waals surface area contributed by atoms with Crippen LogP contribution in [0.5, 0.6) is 0 Å². The zero-order valence-electron chi connectivity index (χ0n) is 23.6. The number of fused-ring (bicyclic) bond motifs is 7. The Hall–Kier alpha value is -2.05. The number of amides is 1. The van der Waals surface area contributed by atoms with Gasteiger partial charge in [0.15, 0.2) is 0 Å². The van der Waals surface area contributed by atoms with Crippen molar-refractivity contribution in [3.63, 3.8) is 0 Å². The number of likely N-dealkylation sites (N-methyl/N-ethyl adjacent to an activating group) is 1. The molecule has 10 heteroatoms. The van der Waals surface area contributed by atoms with Crippen LogP contribution in [0.1, 0.15) is 49.7 Å². The number of carbonyl (C=O) groups is 1. The van der Waals surface area contributed by atoms with Gasteiger partial charge in [-0.05, 0) is 68.8 Å². The monoisotopic (exact) mass is 548 g/mol. The van der Waals surface area contributed by atoms with Crippen LogP contribution < -0.4 is 21.3 Å². The first kappa shape index (κ1) is 25.6. The van der Waals surface area contributed by atoms with Crippen molar-refractivity contribution in [1.29, 1.82) is 0 Å². The number of hydrogen-bond acceptors (Lipinski definition) is 9. The Morgan fingerprint density at radius 3 is 2.92 bits per heavy atom. The average molecular weight is 549 g/mol. The van der Waals surface area contributed by atoms with Gasteiger partial charge < -0.3 is 15.0 Å². The van der Waals surface area contributed by atoms with Gasteiger partial charge in [-0.1, -0.05) is 18.2 Å². The highest BCUT2D eigenvalue weighted by atomic mass is 16.5. The molecule has 10 nitrogen and oxygen atoms in total. The van der Waals surface area contributed by atoms with Crippen molar-refractivity contribution in [1.82, 2.24) is 35.8 Å². The molecule has 5 fully saturated rings. The van der Waals surface area contributed by atoms with Crippen molar-refractivity contribution in [2.45, 2.75) is 81.4 Å². The van der Waals surface area contributed by atoms with Gasteiger partial charge in [-0.25, -0.2) is 0 Å². The maximum absolute atomic E-state index is 13.8. The van der Waals surface area contributed by atoms with E-state index < -0.39 is 0 Å². The van der Waals surface area contributed by atoms with E-state index in [9.17, 15) is 4.79 Å². The third kappa shape index (κ3) is 4.40. The number of benzene rings is 1. The number of piperidine rings is 1. The van der Waals surface area contributed by atoms with Crippen LogP contribution in [0, 0.1) is 5.92 Å². The molecule has 6 aliphatic heterocycles. The van der Waals surface area contributed by atoms with Gasteiger partial charge in [-0.15, -0.1) is 0 Å². The molecular formula is C30H44N8O2. The highest BCUT2D eigenvalue weighted by Crippen LogP contribution is 2.52. The Morgan fingerprint density at radius 1 is 1.10 bits per heavy atom. The third-order valence-corrected chi connectivity index (χ3v) is 10.4. The fraction of sp³-hybridized carbons (Fsp3) is 0.700. The van der Waals surface area contributed by atoms with Gasteiger partial charge in [0.1, 0.15) is 6.29 Å². The molecule has 1 spiro atoms. The normalized spacial score (nSPS) is 38.5. The van der Waals surface area contributed by atoms with Crippen molar-refractivity contribution >= 4 is 11.6 Å². The summed E-state index contributed by atoms with van der Waals surface area (Å²) in [6.07, 6.45) is 11.5. The van der Waals surface area contributed by atoms with E-state index in [1.807, 2.05) is 5.01 Å². The van der Waals surface area contributed by atoms with Gasteiger partial charge >= 0.3 is 0 Å². The number of carbonyl (C=O) groups excluding carboxylic acids is 1. The van der Waals surface area contributed by atoms with Crippen LogP contribution in [0.2, 0.25) is 0 Å². The summed E-state index contributed by atoms with van der Waals surface area (Å²) in [5.41, 5.74) is 4.51. The Bertz CT molecular complexity index is 1170. The van der Waals surface area contributed by atoms with Gasteiger partial charge in [-0.2, -0.15) is 5.01 Å². The van der Waals surface area contributed by atoms with Crippen LogP contribution >= 0.6 is 0 Å². The Labute approximate surface area is 237 Å². The molecule has 8 rings (SSSR count). The number of hydrazine groups is 1. The van der Waals surface area contributed by atoms with Gasteiger partial charge in [0.05, 0.1) is 43.7 Å². The van der Waals surface area contributed by atoms with Gasteiger partial charge in [-0.3, -0.25) is 30.7 Å². The van der Waals surface area contributed by atoms with E-state index in [2.05, 4.69) is 73.5 Å². The van der Waals surface area contributed by atoms with Gasteiger partial charge in [0, 0.05) is 43.8 Å². The van der Waals surface area contributed by atoms with Crippen LogP contribution in [0.4, 0.5) is 5.69 Å². The SMILES string of the molecule is CN1Cc2cc(NC3NCC4C(=O)N5C/C=C\CCCN6CCOC7CCC(NC76)N5C4N3)ccc2C2(CC2)C1. The highest BCUT2D eigenvalue weighted by Gasteiger charge is 2.53. The van der Waals surface area contributed by atoms with E-state index in [1.165, 1.54) is 24.9 Å². The summed E-state index contributed by atoms with van der Waals surface area (Å²) in [5, 5.41) is 19.4. The van der Waals surface area contributed by atoms with Gasteiger partial charge in [0.25, 0.3) is 0 Å². The topological polar surface area (TPSA) is 87.4 Å².